The first kappa shape index (κ1) is 30.2. The first-order valence-electron chi connectivity index (χ1n) is 15.5. The largest absolute Gasteiger partial charge is 0.458 e. The quantitative estimate of drug-likeness (QED) is 0.403. The van der Waals surface area contributed by atoms with E-state index in [9.17, 15) is 14.8 Å². The molecule has 3 aromatic rings. The number of nitrogens with zero attached hydrogens (tertiary/aromatic N) is 8. The maximum atomic E-state index is 14.6. The number of alkyl halides is 1. The molecule has 45 heavy (non-hydrogen) atoms. The van der Waals surface area contributed by atoms with E-state index in [1.54, 1.807) is 6.92 Å². The van der Waals surface area contributed by atoms with Crippen molar-refractivity contribution in [1.29, 1.82) is 5.26 Å². The molecule has 3 aliphatic heterocycles. The van der Waals surface area contributed by atoms with Gasteiger partial charge in [-0.15, -0.1) is 11.3 Å². The van der Waals surface area contributed by atoms with Crippen molar-refractivity contribution in [3.8, 4) is 23.7 Å². The molecule has 13 nitrogen and oxygen atoms in total. The molecule has 3 N–H and O–H groups in total. The van der Waals surface area contributed by atoms with Gasteiger partial charge < -0.3 is 29.7 Å². The lowest BCUT2D eigenvalue weighted by Gasteiger charge is -2.37. The number of halogens is 1. The van der Waals surface area contributed by atoms with Crippen molar-refractivity contribution >= 4 is 22.3 Å². The summed E-state index contributed by atoms with van der Waals surface area (Å²) in [7, 11) is 0. The lowest BCUT2D eigenvalue weighted by molar-refractivity contribution is -0.0123. The van der Waals surface area contributed by atoms with E-state index in [1.807, 2.05) is 18.7 Å². The van der Waals surface area contributed by atoms with Crippen molar-refractivity contribution in [3.05, 3.63) is 21.9 Å². The predicted octanol–water partition coefficient (Wildman–Crippen LogP) is 3.01. The minimum atomic E-state index is -1.13. The van der Waals surface area contributed by atoms with Crippen LogP contribution in [0.5, 0.6) is 6.01 Å². The molecule has 4 aliphatic rings. The first-order valence-corrected chi connectivity index (χ1v) is 16.4. The Kier molecular flexibility index (Phi) is 7.46. The summed E-state index contributed by atoms with van der Waals surface area (Å²) in [6.07, 6.45) is 3.34. The van der Waals surface area contributed by atoms with Crippen LogP contribution in [0.1, 0.15) is 74.8 Å². The van der Waals surface area contributed by atoms with Crippen LogP contribution in [0.15, 0.2) is 4.52 Å². The molecule has 0 radical (unpaired) electrons. The number of aliphatic hydroxyl groups is 1. The number of aromatic nitrogens is 5. The SMILES string of the molecule is CC(Oc1nc(-c2noc([C@@]3(C)CCCc4sc(N)c(C#N)c43)n2)nc(N2CCOCC(C)(O)C2)n1)[C@@]12CCCN1C[C@H](F)C2. The van der Waals surface area contributed by atoms with Crippen LogP contribution in [0, 0.1) is 11.3 Å². The van der Waals surface area contributed by atoms with E-state index in [1.165, 1.54) is 11.3 Å². The fourth-order valence-electron chi connectivity index (χ4n) is 7.70. The van der Waals surface area contributed by atoms with E-state index in [0.29, 0.717) is 49.0 Å². The molecule has 2 unspecified atom stereocenters. The minimum Gasteiger partial charge on any atom is -0.458 e. The molecule has 15 heteroatoms. The number of aryl methyl sites for hydroxylation is 1. The van der Waals surface area contributed by atoms with Crippen LogP contribution in [0.25, 0.3) is 11.6 Å². The van der Waals surface area contributed by atoms with Gasteiger partial charge in [-0.2, -0.15) is 25.2 Å². The average molecular weight is 640 g/mol. The van der Waals surface area contributed by atoms with Gasteiger partial charge in [0.15, 0.2) is 0 Å². The summed E-state index contributed by atoms with van der Waals surface area (Å²) in [5.41, 5.74) is 5.25. The van der Waals surface area contributed by atoms with Crippen LogP contribution in [-0.2, 0) is 16.6 Å². The second-order valence-corrected chi connectivity index (χ2v) is 14.4. The fraction of sp³-hybridized carbons (Fsp3) is 0.667. The van der Waals surface area contributed by atoms with E-state index in [4.69, 9.17) is 29.7 Å². The second-order valence-electron chi connectivity index (χ2n) is 13.3. The molecule has 1 aliphatic carbocycles. The summed E-state index contributed by atoms with van der Waals surface area (Å²) >= 11 is 1.44. The fourth-order valence-corrected chi connectivity index (χ4v) is 8.89. The molecule has 3 aromatic heterocycles. The van der Waals surface area contributed by atoms with Gasteiger partial charge in [-0.25, -0.2) is 4.39 Å². The van der Waals surface area contributed by atoms with Gasteiger partial charge in [0.1, 0.15) is 28.9 Å². The molecule has 0 saturated carbocycles. The Morgan fingerprint density at radius 2 is 2.02 bits per heavy atom. The van der Waals surface area contributed by atoms with Crippen molar-refractivity contribution in [2.45, 2.75) is 88.1 Å². The Balaban J connectivity index is 1.27. The van der Waals surface area contributed by atoms with Crippen LogP contribution in [0.3, 0.4) is 0 Å². The standard InChI is InChI=1S/C30H38FN9O4S/c1-17(30-8-5-9-40(30)14-18(31)12-30)43-27-36-23(35-26(37-27)39-10-11-42-16-28(2,41)15-39)24-34-25(44-38-24)29(3)7-4-6-20-21(29)19(13-32)22(33)45-20/h17-18,41H,4-12,14-16,33H2,1-3H3/t17?,18-,28?,29+,30+/m1/s1. The van der Waals surface area contributed by atoms with E-state index < -0.39 is 28.8 Å². The molecule has 3 fully saturated rings. The van der Waals surface area contributed by atoms with Gasteiger partial charge in [0.05, 0.1) is 36.3 Å². The van der Waals surface area contributed by atoms with Gasteiger partial charge in [-0.3, -0.25) is 4.90 Å². The van der Waals surface area contributed by atoms with Crippen molar-refractivity contribution < 1.29 is 23.5 Å². The van der Waals surface area contributed by atoms with Crippen LogP contribution in [0.2, 0.25) is 0 Å². The third kappa shape index (κ3) is 5.21. The first-order chi connectivity index (χ1) is 21.5. The van der Waals surface area contributed by atoms with Gasteiger partial charge in [0.25, 0.3) is 0 Å². The van der Waals surface area contributed by atoms with Gasteiger partial charge in [0, 0.05) is 30.0 Å². The van der Waals surface area contributed by atoms with Crippen LogP contribution < -0.4 is 15.4 Å². The summed E-state index contributed by atoms with van der Waals surface area (Å²) in [5, 5.41) is 25.6. The number of thiophene rings is 1. The Bertz CT molecular complexity index is 1640. The number of nitrogens with two attached hydrogens (primary N) is 1. The summed E-state index contributed by atoms with van der Waals surface area (Å²) in [4.78, 5) is 23.8. The zero-order chi connectivity index (χ0) is 31.6. The van der Waals surface area contributed by atoms with Crippen molar-refractivity contribution in [1.82, 2.24) is 30.0 Å². The van der Waals surface area contributed by atoms with Gasteiger partial charge >= 0.3 is 6.01 Å². The number of anilines is 2. The highest BCUT2D eigenvalue weighted by atomic mass is 32.1. The smallest absolute Gasteiger partial charge is 0.322 e. The molecular weight excluding hydrogens is 601 g/mol. The Labute approximate surface area is 264 Å². The average Bonchev–Trinajstić information content (AvgIpc) is 3.75. The summed E-state index contributed by atoms with van der Waals surface area (Å²) in [6, 6.07) is 2.33. The molecule has 0 spiro atoms. The van der Waals surface area contributed by atoms with Crippen LogP contribution in [0.4, 0.5) is 15.3 Å². The lowest BCUT2D eigenvalue weighted by atomic mass is 9.72. The van der Waals surface area contributed by atoms with Crippen molar-refractivity contribution in [3.63, 3.8) is 0 Å². The summed E-state index contributed by atoms with van der Waals surface area (Å²) in [5.74, 6) is 0.905. The molecule has 5 atom stereocenters. The maximum Gasteiger partial charge on any atom is 0.322 e. The zero-order valence-corrected chi connectivity index (χ0v) is 26.6. The number of ether oxygens (including phenoxy) is 2. The highest BCUT2D eigenvalue weighted by Gasteiger charge is 2.53. The zero-order valence-electron chi connectivity index (χ0n) is 25.8. The normalized spacial score (nSPS) is 30.8. The van der Waals surface area contributed by atoms with Crippen LogP contribution in [-0.4, -0.2) is 97.9 Å². The minimum absolute atomic E-state index is 0.0609. The highest BCUT2D eigenvalue weighted by Crippen LogP contribution is 2.49. The molecule has 0 bridgehead atoms. The lowest BCUT2D eigenvalue weighted by Crippen LogP contribution is -2.50. The van der Waals surface area contributed by atoms with Gasteiger partial charge in [-0.1, -0.05) is 5.16 Å². The monoisotopic (exact) mass is 639 g/mol. The number of hydrogen-bond donors (Lipinski definition) is 2. The van der Waals surface area contributed by atoms with E-state index in [2.05, 4.69) is 26.1 Å². The van der Waals surface area contributed by atoms with Gasteiger partial charge in [0.2, 0.25) is 23.5 Å². The topological polar surface area (TPSA) is 173 Å². The second kappa shape index (κ2) is 11.1. The maximum absolute atomic E-state index is 14.6. The van der Waals surface area contributed by atoms with E-state index in [0.717, 1.165) is 42.7 Å². The summed E-state index contributed by atoms with van der Waals surface area (Å²) < 4.78 is 32.5. The molecule has 0 aromatic carbocycles. The number of β-amino-alcohol motifs (C(OH)–C–C–N with tert-alkyl or cyclic N) is 1. The predicted molar refractivity (Wildman–Crippen MR) is 163 cm³/mol. The number of nitriles is 1. The van der Waals surface area contributed by atoms with Gasteiger partial charge in [-0.05, 0) is 59.4 Å². The summed E-state index contributed by atoms with van der Waals surface area (Å²) in [6.45, 7) is 8.08. The Morgan fingerprint density at radius 1 is 1.18 bits per heavy atom. The van der Waals surface area contributed by atoms with E-state index >= 15 is 0 Å². The van der Waals surface area contributed by atoms with Crippen LogP contribution >= 0.6 is 11.3 Å². The van der Waals surface area contributed by atoms with Crippen molar-refractivity contribution in [2.75, 3.05) is 50.0 Å². The molecule has 6 heterocycles. The molecule has 7 rings (SSSR count). The Morgan fingerprint density at radius 3 is 2.84 bits per heavy atom. The molecule has 0 amide bonds. The molecule has 240 valence electrons. The molecular formula is C30H38FN9O4S. The number of rotatable bonds is 6. The van der Waals surface area contributed by atoms with E-state index in [-0.39, 0.29) is 36.8 Å². The third-order valence-corrected chi connectivity index (χ3v) is 11.0. The Hall–Kier alpha value is -3.45. The number of hydrogen-bond acceptors (Lipinski definition) is 14. The number of fused-ring (bicyclic) bond motifs is 2. The highest BCUT2D eigenvalue weighted by molar-refractivity contribution is 7.16. The third-order valence-electron chi connectivity index (χ3n) is 9.89. The van der Waals surface area contributed by atoms with Crippen molar-refractivity contribution in [2.24, 2.45) is 0 Å². The number of nitrogen functional groups attached to an aromatic ring is 1. The molecule has 3 saturated heterocycles.